The van der Waals surface area contributed by atoms with Crippen LogP contribution in [0.25, 0.3) is 0 Å². The van der Waals surface area contributed by atoms with Crippen molar-refractivity contribution < 1.29 is 4.79 Å². The number of aromatic nitrogens is 2. The fourth-order valence-corrected chi connectivity index (χ4v) is 2.25. The molecule has 0 fully saturated rings. The lowest BCUT2D eigenvalue weighted by atomic mass is 10.2. The molecule has 1 heterocycles. The third-order valence-electron chi connectivity index (χ3n) is 2.74. The van der Waals surface area contributed by atoms with E-state index in [9.17, 15) is 4.79 Å². The molecular formula is C13H13ClIN3O. The molecule has 1 aromatic heterocycles. The summed E-state index contributed by atoms with van der Waals surface area (Å²) in [5, 5.41) is 7.68. The van der Waals surface area contributed by atoms with E-state index in [4.69, 9.17) is 11.6 Å². The van der Waals surface area contributed by atoms with Crippen LogP contribution in [0, 0.1) is 10.5 Å². The van der Waals surface area contributed by atoms with Crippen molar-refractivity contribution in [3.05, 3.63) is 49.8 Å². The molecule has 0 saturated heterocycles. The molecule has 0 unspecified atom stereocenters. The third kappa shape index (κ3) is 3.48. The molecule has 0 aliphatic heterocycles. The lowest BCUT2D eigenvalue weighted by Crippen LogP contribution is -2.22. The first-order valence-electron chi connectivity index (χ1n) is 5.69. The standard InChI is InChI=1S/C13H13ClIN3O/c1-8-10(7-18(2)17-8)6-16-13(19)9-3-4-12(15)11(14)5-9/h3-5,7H,6H2,1-2H3,(H,16,19). The second kappa shape index (κ2) is 5.92. The van der Waals surface area contributed by atoms with Crippen molar-refractivity contribution in [1.82, 2.24) is 15.1 Å². The number of carbonyl (C=O) groups excluding carboxylic acids is 1. The molecule has 19 heavy (non-hydrogen) atoms. The highest BCUT2D eigenvalue weighted by Crippen LogP contribution is 2.19. The third-order valence-corrected chi connectivity index (χ3v) is 4.31. The maximum Gasteiger partial charge on any atom is 0.251 e. The Morgan fingerprint density at radius 3 is 2.84 bits per heavy atom. The zero-order chi connectivity index (χ0) is 14.0. The topological polar surface area (TPSA) is 46.9 Å². The van der Waals surface area contributed by atoms with E-state index in [0.717, 1.165) is 14.8 Å². The van der Waals surface area contributed by atoms with Crippen LogP contribution in [-0.2, 0) is 13.6 Å². The molecule has 2 rings (SSSR count). The zero-order valence-electron chi connectivity index (χ0n) is 10.6. The normalized spacial score (nSPS) is 10.5. The molecule has 1 amide bonds. The summed E-state index contributed by atoms with van der Waals surface area (Å²) in [7, 11) is 1.86. The van der Waals surface area contributed by atoms with Gasteiger partial charge in [0.2, 0.25) is 0 Å². The predicted molar refractivity (Wildman–Crippen MR) is 83.3 cm³/mol. The first-order valence-corrected chi connectivity index (χ1v) is 7.15. The average Bonchev–Trinajstić information content (AvgIpc) is 2.68. The molecule has 0 saturated carbocycles. The van der Waals surface area contributed by atoms with Gasteiger partial charge in [0.1, 0.15) is 0 Å². The van der Waals surface area contributed by atoms with Crippen molar-refractivity contribution in [3.8, 4) is 0 Å². The molecule has 0 aliphatic rings. The van der Waals surface area contributed by atoms with Crippen LogP contribution >= 0.6 is 34.2 Å². The summed E-state index contributed by atoms with van der Waals surface area (Å²) in [4.78, 5) is 12.0. The SMILES string of the molecule is Cc1nn(C)cc1CNC(=O)c1ccc(I)c(Cl)c1. The molecule has 0 spiro atoms. The van der Waals surface area contributed by atoms with Gasteiger partial charge in [-0.2, -0.15) is 5.10 Å². The number of nitrogens with one attached hydrogen (secondary N) is 1. The quantitative estimate of drug-likeness (QED) is 0.821. The number of nitrogens with zero attached hydrogens (tertiary/aromatic N) is 2. The number of amides is 1. The van der Waals surface area contributed by atoms with Crippen LogP contribution in [0.3, 0.4) is 0 Å². The molecule has 0 radical (unpaired) electrons. The highest BCUT2D eigenvalue weighted by Gasteiger charge is 2.09. The smallest absolute Gasteiger partial charge is 0.251 e. The van der Waals surface area contributed by atoms with Gasteiger partial charge in [0, 0.05) is 34.5 Å². The lowest BCUT2D eigenvalue weighted by molar-refractivity contribution is 0.0951. The van der Waals surface area contributed by atoms with Crippen molar-refractivity contribution in [3.63, 3.8) is 0 Å². The van der Waals surface area contributed by atoms with E-state index in [1.165, 1.54) is 0 Å². The van der Waals surface area contributed by atoms with E-state index >= 15 is 0 Å². The molecule has 100 valence electrons. The maximum absolute atomic E-state index is 12.0. The molecule has 6 heteroatoms. The van der Waals surface area contributed by atoms with Crippen LogP contribution < -0.4 is 5.32 Å². The van der Waals surface area contributed by atoms with Gasteiger partial charge in [-0.25, -0.2) is 0 Å². The van der Waals surface area contributed by atoms with E-state index in [0.29, 0.717) is 17.1 Å². The van der Waals surface area contributed by atoms with E-state index in [-0.39, 0.29) is 5.91 Å². The fraction of sp³-hybridized carbons (Fsp3) is 0.231. The van der Waals surface area contributed by atoms with Crippen LogP contribution in [-0.4, -0.2) is 15.7 Å². The molecule has 1 N–H and O–H groups in total. The highest BCUT2D eigenvalue weighted by molar-refractivity contribution is 14.1. The minimum Gasteiger partial charge on any atom is -0.348 e. The summed E-state index contributed by atoms with van der Waals surface area (Å²) < 4.78 is 2.66. The van der Waals surface area contributed by atoms with Crippen molar-refractivity contribution in [2.24, 2.45) is 7.05 Å². The average molecular weight is 390 g/mol. The van der Waals surface area contributed by atoms with E-state index < -0.39 is 0 Å². The predicted octanol–water partition coefficient (Wildman–Crippen LogP) is 2.92. The molecule has 1 aromatic carbocycles. The van der Waals surface area contributed by atoms with Crippen molar-refractivity contribution >= 4 is 40.1 Å². The molecule has 0 atom stereocenters. The molecular weight excluding hydrogens is 377 g/mol. The Labute approximate surface area is 130 Å². The molecule has 2 aromatic rings. The first-order chi connectivity index (χ1) is 8.97. The van der Waals surface area contributed by atoms with Gasteiger partial charge in [0.15, 0.2) is 0 Å². The number of rotatable bonds is 3. The van der Waals surface area contributed by atoms with E-state index in [1.807, 2.05) is 26.2 Å². The monoisotopic (exact) mass is 389 g/mol. The van der Waals surface area contributed by atoms with Gasteiger partial charge >= 0.3 is 0 Å². The number of aryl methyl sites for hydroxylation is 2. The zero-order valence-corrected chi connectivity index (χ0v) is 13.5. The number of benzene rings is 1. The second-order valence-electron chi connectivity index (χ2n) is 4.22. The number of carbonyl (C=O) groups is 1. The molecule has 0 aliphatic carbocycles. The number of hydrogen-bond donors (Lipinski definition) is 1. The molecule has 0 bridgehead atoms. The summed E-state index contributed by atoms with van der Waals surface area (Å²) in [6, 6.07) is 5.26. The summed E-state index contributed by atoms with van der Waals surface area (Å²) in [5.41, 5.74) is 2.49. The number of hydrogen-bond acceptors (Lipinski definition) is 2. The van der Waals surface area contributed by atoms with Gasteiger partial charge in [-0.1, -0.05) is 11.6 Å². The van der Waals surface area contributed by atoms with Crippen molar-refractivity contribution in [1.29, 1.82) is 0 Å². The van der Waals surface area contributed by atoms with E-state index in [1.54, 1.807) is 16.8 Å². The first kappa shape index (κ1) is 14.3. The summed E-state index contributed by atoms with van der Waals surface area (Å²) in [6.45, 7) is 2.38. The Bertz CT molecular complexity index is 624. The Hall–Kier alpha value is -1.08. The van der Waals surface area contributed by atoms with Crippen LogP contribution in [0.5, 0.6) is 0 Å². The van der Waals surface area contributed by atoms with Crippen molar-refractivity contribution in [2.75, 3.05) is 0 Å². The largest absolute Gasteiger partial charge is 0.348 e. The van der Waals surface area contributed by atoms with Gasteiger partial charge in [0.05, 0.1) is 10.7 Å². The highest BCUT2D eigenvalue weighted by atomic mass is 127. The maximum atomic E-state index is 12.0. The van der Waals surface area contributed by atoms with Gasteiger partial charge in [0.25, 0.3) is 5.91 Å². The van der Waals surface area contributed by atoms with Crippen molar-refractivity contribution in [2.45, 2.75) is 13.5 Å². The lowest BCUT2D eigenvalue weighted by Gasteiger charge is -2.05. The summed E-state index contributed by atoms with van der Waals surface area (Å²) in [6.07, 6.45) is 1.90. The Morgan fingerprint density at radius 1 is 1.53 bits per heavy atom. The van der Waals surface area contributed by atoms with Crippen LogP contribution in [0.15, 0.2) is 24.4 Å². The van der Waals surface area contributed by atoms with E-state index in [2.05, 4.69) is 33.0 Å². The fourth-order valence-electron chi connectivity index (χ4n) is 1.74. The van der Waals surface area contributed by atoms with Crippen LogP contribution in [0.2, 0.25) is 5.02 Å². The van der Waals surface area contributed by atoms with Gasteiger partial charge in [-0.15, -0.1) is 0 Å². The minimum atomic E-state index is -0.137. The molecule has 4 nitrogen and oxygen atoms in total. The Balaban J connectivity index is 2.05. The van der Waals surface area contributed by atoms with Gasteiger partial charge in [-0.3, -0.25) is 9.48 Å². The second-order valence-corrected chi connectivity index (χ2v) is 5.79. The van der Waals surface area contributed by atoms with Crippen LogP contribution in [0.4, 0.5) is 0 Å². The van der Waals surface area contributed by atoms with Gasteiger partial charge in [-0.05, 0) is 47.7 Å². The Morgan fingerprint density at radius 2 is 2.26 bits per heavy atom. The minimum absolute atomic E-state index is 0.137. The van der Waals surface area contributed by atoms with Crippen LogP contribution in [0.1, 0.15) is 21.6 Å². The summed E-state index contributed by atoms with van der Waals surface area (Å²) >= 11 is 8.13. The Kier molecular flexibility index (Phi) is 4.46. The summed E-state index contributed by atoms with van der Waals surface area (Å²) in [5.74, 6) is -0.137. The van der Waals surface area contributed by atoms with Gasteiger partial charge < -0.3 is 5.32 Å². The number of halogens is 2.